The Morgan fingerprint density at radius 3 is 2.38 bits per heavy atom. The summed E-state index contributed by atoms with van der Waals surface area (Å²) in [6, 6.07) is 13.4. The standard InChI is InChI=1S/C21H24N2O6/c1-4-28-16-11-9-15(10-12-16)21(26)22-13-19(24)29-14(2)20(25)23-17-7-5-6-8-18(17)27-3/h5-12,14H,4,13H2,1-3H3,(H,22,26)(H,23,25)/t14-/m1/s1. The van der Waals surface area contributed by atoms with Gasteiger partial charge in [0.25, 0.3) is 11.8 Å². The average Bonchev–Trinajstić information content (AvgIpc) is 2.73. The summed E-state index contributed by atoms with van der Waals surface area (Å²) >= 11 is 0. The number of anilines is 1. The van der Waals surface area contributed by atoms with Crippen molar-refractivity contribution in [1.82, 2.24) is 5.32 Å². The predicted molar refractivity (Wildman–Crippen MR) is 107 cm³/mol. The van der Waals surface area contributed by atoms with Crippen molar-refractivity contribution in [2.75, 3.05) is 25.6 Å². The van der Waals surface area contributed by atoms with E-state index in [4.69, 9.17) is 14.2 Å². The van der Waals surface area contributed by atoms with Crippen LogP contribution in [0.3, 0.4) is 0 Å². The molecule has 0 aliphatic carbocycles. The minimum atomic E-state index is -1.05. The minimum Gasteiger partial charge on any atom is -0.495 e. The highest BCUT2D eigenvalue weighted by Crippen LogP contribution is 2.23. The molecule has 1 atom stereocenters. The molecule has 0 aliphatic heterocycles. The first-order valence-corrected chi connectivity index (χ1v) is 9.09. The largest absolute Gasteiger partial charge is 0.495 e. The van der Waals surface area contributed by atoms with Gasteiger partial charge in [-0.2, -0.15) is 0 Å². The number of nitrogens with one attached hydrogen (secondary N) is 2. The van der Waals surface area contributed by atoms with Gasteiger partial charge in [-0.25, -0.2) is 0 Å². The number of esters is 1. The third-order valence-corrected chi connectivity index (χ3v) is 3.86. The molecule has 0 saturated carbocycles. The summed E-state index contributed by atoms with van der Waals surface area (Å²) in [4.78, 5) is 36.3. The van der Waals surface area contributed by atoms with E-state index in [1.165, 1.54) is 14.0 Å². The van der Waals surface area contributed by atoms with Crippen molar-refractivity contribution in [2.24, 2.45) is 0 Å². The Bertz CT molecular complexity index is 851. The smallest absolute Gasteiger partial charge is 0.326 e. The number of hydrogen-bond donors (Lipinski definition) is 2. The molecule has 0 unspecified atom stereocenters. The maximum Gasteiger partial charge on any atom is 0.326 e. The number of carbonyl (C=O) groups is 3. The first kappa shape index (κ1) is 21.7. The fourth-order valence-electron chi connectivity index (χ4n) is 2.40. The topological polar surface area (TPSA) is 103 Å². The van der Waals surface area contributed by atoms with E-state index in [0.717, 1.165) is 0 Å². The van der Waals surface area contributed by atoms with Gasteiger partial charge in [0.1, 0.15) is 18.0 Å². The highest BCUT2D eigenvalue weighted by molar-refractivity contribution is 5.98. The quantitative estimate of drug-likeness (QED) is 0.627. The lowest BCUT2D eigenvalue weighted by molar-refractivity contribution is -0.152. The molecular weight excluding hydrogens is 376 g/mol. The minimum absolute atomic E-state index is 0.363. The molecule has 2 aromatic rings. The van der Waals surface area contributed by atoms with E-state index in [0.29, 0.717) is 29.4 Å². The molecule has 0 radical (unpaired) electrons. The van der Waals surface area contributed by atoms with Crippen molar-refractivity contribution in [2.45, 2.75) is 20.0 Å². The van der Waals surface area contributed by atoms with Gasteiger partial charge in [-0.1, -0.05) is 12.1 Å². The predicted octanol–water partition coefficient (Wildman–Crippen LogP) is 2.39. The SMILES string of the molecule is CCOc1ccc(C(=O)NCC(=O)O[C@H](C)C(=O)Nc2ccccc2OC)cc1. The summed E-state index contributed by atoms with van der Waals surface area (Å²) in [5.74, 6) is -0.538. The van der Waals surface area contributed by atoms with Crippen molar-refractivity contribution in [3.63, 3.8) is 0 Å². The van der Waals surface area contributed by atoms with E-state index < -0.39 is 23.9 Å². The molecule has 0 fully saturated rings. The van der Waals surface area contributed by atoms with Crippen LogP contribution in [-0.2, 0) is 14.3 Å². The van der Waals surface area contributed by atoms with Crippen LogP contribution in [-0.4, -0.2) is 44.1 Å². The lowest BCUT2D eigenvalue weighted by Gasteiger charge is -2.15. The summed E-state index contributed by atoms with van der Waals surface area (Å²) in [5, 5.41) is 5.09. The van der Waals surface area contributed by atoms with Crippen molar-refractivity contribution in [3.8, 4) is 11.5 Å². The second kappa shape index (κ2) is 10.7. The van der Waals surface area contributed by atoms with Crippen LogP contribution >= 0.6 is 0 Å². The van der Waals surface area contributed by atoms with E-state index in [-0.39, 0.29) is 6.54 Å². The number of methoxy groups -OCH3 is 1. The molecule has 0 aromatic heterocycles. The number of hydrogen-bond acceptors (Lipinski definition) is 6. The second-order valence-electron chi connectivity index (χ2n) is 5.96. The lowest BCUT2D eigenvalue weighted by atomic mass is 10.2. The number of carbonyl (C=O) groups excluding carboxylic acids is 3. The Morgan fingerprint density at radius 1 is 1.03 bits per heavy atom. The highest BCUT2D eigenvalue weighted by atomic mass is 16.5. The molecule has 2 amide bonds. The number of ether oxygens (including phenoxy) is 3. The first-order valence-electron chi connectivity index (χ1n) is 9.09. The van der Waals surface area contributed by atoms with Gasteiger partial charge in [0, 0.05) is 5.56 Å². The molecule has 2 rings (SSSR count). The molecule has 0 saturated heterocycles. The van der Waals surface area contributed by atoms with Gasteiger partial charge in [0.05, 0.1) is 19.4 Å². The molecule has 0 bridgehead atoms. The van der Waals surface area contributed by atoms with Crippen LogP contribution in [0.15, 0.2) is 48.5 Å². The summed E-state index contributed by atoms with van der Waals surface area (Å²) in [6.45, 7) is 3.47. The molecule has 0 heterocycles. The van der Waals surface area contributed by atoms with Gasteiger partial charge in [-0.3, -0.25) is 14.4 Å². The van der Waals surface area contributed by atoms with Gasteiger partial charge in [-0.15, -0.1) is 0 Å². The van der Waals surface area contributed by atoms with Crippen molar-refractivity contribution in [3.05, 3.63) is 54.1 Å². The zero-order valence-electron chi connectivity index (χ0n) is 16.6. The molecule has 0 spiro atoms. The van der Waals surface area contributed by atoms with Crippen LogP contribution in [0.4, 0.5) is 5.69 Å². The Morgan fingerprint density at radius 2 is 1.72 bits per heavy atom. The zero-order chi connectivity index (χ0) is 21.2. The second-order valence-corrected chi connectivity index (χ2v) is 5.96. The lowest BCUT2D eigenvalue weighted by Crippen LogP contribution is -2.35. The van der Waals surface area contributed by atoms with Crippen molar-refractivity contribution in [1.29, 1.82) is 0 Å². The van der Waals surface area contributed by atoms with Gasteiger partial charge < -0.3 is 24.8 Å². The summed E-state index contributed by atoms with van der Waals surface area (Å²) < 4.78 is 15.5. The van der Waals surface area contributed by atoms with Gasteiger partial charge in [0.15, 0.2) is 6.10 Å². The monoisotopic (exact) mass is 400 g/mol. The van der Waals surface area contributed by atoms with Gasteiger partial charge in [0.2, 0.25) is 0 Å². The molecular formula is C21H24N2O6. The average molecular weight is 400 g/mol. The van der Waals surface area contributed by atoms with Crippen molar-refractivity contribution < 1.29 is 28.6 Å². The van der Waals surface area contributed by atoms with Crippen molar-refractivity contribution >= 4 is 23.5 Å². The zero-order valence-corrected chi connectivity index (χ0v) is 16.6. The Labute approximate surface area is 169 Å². The van der Waals surface area contributed by atoms with Crippen LogP contribution in [0, 0.1) is 0 Å². The van der Waals surface area contributed by atoms with Gasteiger partial charge in [-0.05, 0) is 50.2 Å². The maximum absolute atomic E-state index is 12.2. The van der Waals surface area contributed by atoms with Crippen LogP contribution in [0.2, 0.25) is 0 Å². The van der Waals surface area contributed by atoms with E-state index in [1.807, 2.05) is 6.92 Å². The van der Waals surface area contributed by atoms with E-state index >= 15 is 0 Å². The summed E-state index contributed by atoms with van der Waals surface area (Å²) in [7, 11) is 1.49. The number of rotatable bonds is 9. The molecule has 2 N–H and O–H groups in total. The molecule has 2 aromatic carbocycles. The summed E-state index contributed by atoms with van der Waals surface area (Å²) in [6.07, 6.45) is -1.05. The Balaban J connectivity index is 1.81. The Hall–Kier alpha value is -3.55. The van der Waals surface area contributed by atoms with Crippen LogP contribution < -0.4 is 20.1 Å². The van der Waals surface area contributed by atoms with Crippen LogP contribution in [0.5, 0.6) is 11.5 Å². The normalized spacial score (nSPS) is 11.1. The first-order chi connectivity index (χ1) is 13.9. The molecule has 8 nitrogen and oxygen atoms in total. The van der Waals surface area contributed by atoms with E-state index in [2.05, 4.69) is 10.6 Å². The van der Waals surface area contributed by atoms with Crippen LogP contribution in [0.25, 0.3) is 0 Å². The number of para-hydroxylation sites is 2. The third-order valence-electron chi connectivity index (χ3n) is 3.86. The maximum atomic E-state index is 12.2. The fraction of sp³-hybridized carbons (Fsp3) is 0.286. The molecule has 29 heavy (non-hydrogen) atoms. The molecule has 154 valence electrons. The van der Waals surface area contributed by atoms with Crippen LogP contribution in [0.1, 0.15) is 24.2 Å². The third kappa shape index (κ3) is 6.53. The Kier molecular flexibility index (Phi) is 8.02. The molecule has 0 aliphatic rings. The number of benzene rings is 2. The summed E-state index contributed by atoms with van der Waals surface area (Å²) in [5.41, 5.74) is 0.843. The highest BCUT2D eigenvalue weighted by Gasteiger charge is 2.19. The van der Waals surface area contributed by atoms with Gasteiger partial charge >= 0.3 is 5.97 Å². The van der Waals surface area contributed by atoms with E-state index in [1.54, 1.807) is 48.5 Å². The molecule has 8 heteroatoms. The van der Waals surface area contributed by atoms with E-state index in [9.17, 15) is 14.4 Å². The fourth-order valence-corrected chi connectivity index (χ4v) is 2.40. The number of amides is 2.